The standard InChI is InChI=1S/C14H23N5O/c1-3-16-7-11-8-17-14(18-9-11)19-6-4-5-12(10-19)13(20)15-2/h8-9,12,16H,3-7,10H2,1-2H3,(H,15,20). The Hall–Kier alpha value is -1.69. The molecule has 6 nitrogen and oxygen atoms in total. The molecular formula is C14H23N5O. The predicted molar refractivity (Wildman–Crippen MR) is 78.4 cm³/mol. The minimum absolute atomic E-state index is 0.0405. The smallest absolute Gasteiger partial charge is 0.225 e. The first-order valence-corrected chi connectivity index (χ1v) is 7.22. The summed E-state index contributed by atoms with van der Waals surface area (Å²) in [5, 5.41) is 5.97. The van der Waals surface area contributed by atoms with Gasteiger partial charge in [-0.3, -0.25) is 4.79 Å². The van der Waals surface area contributed by atoms with Crippen molar-refractivity contribution < 1.29 is 4.79 Å². The van der Waals surface area contributed by atoms with Crippen molar-refractivity contribution in [3.63, 3.8) is 0 Å². The van der Waals surface area contributed by atoms with E-state index in [2.05, 4.69) is 32.4 Å². The predicted octanol–water partition coefficient (Wildman–Crippen LogP) is 0.549. The lowest BCUT2D eigenvalue weighted by Crippen LogP contribution is -2.42. The van der Waals surface area contributed by atoms with Gasteiger partial charge in [0.25, 0.3) is 0 Å². The fraction of sp³-hybridized carbons (Fsp3) is 0.643. The first kappa shape index (κ1) is 14.7. The number of rotatable bonds is 5. The van der Waals surface area contributed by atoms with Crippen LogP contribution in [0.1, 0.15) is 25.3 Å². The van der Waals surface area contributed by atoms with Crippen molar-refractivity contribution in [1.82, 2.24) is 20.6 Å². The Labute approximate surface area is 120 Å². The third kappa shape index (κ3) is 3.66. The van der Waals surface area contributed by atoms with Crippen LogP contribution < -0.4 is 15.5 Å². The molecule has 2 heterocycles. The average Bonchev–Trinajstić information content (AvgIpc) is 2.52. The molecule has 2 N–H and O–H groups in total. The first-order chi connectivity index (χ1) is 9.74. The highest BCUT2D eigenvalue weighted by Gasteiger charge is 2.26. The van der Waals surface area contributed by atoms with E-state index in [1.165, 1.54) is 0 Å². The molecule has 1 aliphatic heterocycles. The van der Waals surface area contributed by atoms with Crippen molar-refractivity contribution in [3.05, 3.63) is 18.0 Å². The second-order valence-electron chi connectivity index (χ2n) is 5.07. The highest BCUT2D eigenvalue weighted by molar-refractivity contribution is 5.79. The molecule has 1 aromatic rings. The van der Waals surface area contributed by atoms with Gasteiger partial charge in [0, 0.05) is 44.6 Å². The van der Waals surface area contributed by atoms with Crippen LogP contribution in [0.2, 0.25) is 0 Å². The van der Waals surface area contributed by atoms with E-state index in [1.807, 2.05) is 12.4 Å². The highest BCUT2D eigenvalue weighted by Crippen LogP contribution is 2.20. The number of hydrogen-bond acceptors (Lipinski definition) is 5. The van der Waals surface area contributed by atoms with Crippen LogP contribution in [0, 0.1) is 5.92 Å². The summed E-state index contributed by atoms with van der Waals surface area (Å²) in [5.74, 6) is 0.871. The zero-order valence-electron chi connectivity index (χ0n) is 12.2. The minimum atomic E-state index is 0.0405. The second kappa shape index (κ2) is 7.19. The molecule has 0 bridgehead atoms. The molecule has 1 unspecified atom stereocenters. The number of anilines is 1. The van der Waals surface area contributed by atoms with Crippen molar-refractivity contribution in [1.29, 1.82) is 0 Å². The van der Waals surface area contributed by atoms with E-state index in [-0.39, 0.29) is 11.8 Å². The van der Waals surface area contributed by atoms with Gasteiger partial charge in [0.1, 0.15) is 0 Å². The molecule has 0 radical (unpaired) electrons. The van der Waals surface area contributed by atoms with Crippen molar-refractivity contribution >= 4 is 11.9 Å². The summed E-state index contributed by atoms with van der Waals surface area (Å²) in [7, 11) is 1.69. The summed E-state index contributed by atoms with van der Waals surface area (Å²) in [6.45, 7) is 5.41. The van der Waals surface area contributed by atoms with Crippen LogP contribution in [-0.2, 0) is 11.3 Å². The van der Waals surface area contributed by atoms with E-state index < -0.39 is 0 Å². The Bertz CT molecular complexity index is 434. The van der Waals surface area contributed by atoms with Gasteiger partial charge in [-0.25, -0.2) is 9.97 Å². The summed E-state index contributed by atoms with van der Waals surface area (Å²) in [5.41, 5.74) is 1.08. The average molecular weight is 277 g/mol. The van der Waals surface area contributed by atoms with E-state index in [0.717, 1.165) is 44.0 Å². The maximum atomic E-state index is 11.7. The maximum absolute atomic E-state index is 11.7. The van der Waals surface area contributed by atoms with Crippen LogP contribution in [0.3, 0.4) is 0 Å². The molecule has 1 aromatic heterocycles. The number of amides is 1. The zero-order valence-corrected chi connectivity index (χ0v) is 12.2. The normalized spacial score (nSPS) is 18.9. The zero-order chi connectivity index (χ0) is 14.4. The van der Waals surface area contributed by atoms with E-state index in [9.17, 15) is 4.79 Å². The van der Waals surface area contributed by atoms with E-state index in [0.29, 0.717) is 6.54 Å². The van der Waals surface area contributed by atoms with Crippen LogP contribution in [0.5, 0.6) is 0 Å². The van der Waals surface area contributed by atoms with Gasteiger partial charge in [-0.15, -0.1) is 0 Å². The summed E-state index contributed by atoms with van der Waals surface area (Å²) < 4.78 is 0. The van der Waals surface area contributed by atoms with Gasteiger partial charge < -0.3 is 15.5 Å². The van der Waals surface area contributed by atoms with E-state index in [4.69, 9.17) is 0 Å². The number of carbonyl (C=O) groups is 1. The molecule has 0 spiro atoms. The van der Waals surface area contributed by atoms with Crippen LogP contribution in [0.15, 0.2) is 12.4 Å². The largest absolute Gasteiger partial charge is 0.359 e. The van der Waals surface area contributed by atoms with Gasteiger partial charge in [-0.1, -0.05) is 6.92 Å². The van der Waals surface area contributed by atoms with Crippen LogP contribution in [-0.4, -0.2) is 42.6 Å². The number of piperidine rings is 1. The molecular weight excluding hydrogens is 254 g/mol. The Balaban J connectivity index is 1.98. The third-order valence-corrected chi connectivity index (χ3v) is 3.59. The summed E-state index contributed by atoms with van der Waals surface area (Å²) in [6.07, 6.45) is 5.65. The molecule has 1 atom stereocenters. The number of nitrogens with one attached hydrogen (secondary N) is 2. The molecule has 1 saturated heterocycles. The van der Waals surface area contributed by atoms with Gasteiger partial charge in [-0.2, -0.15) is 0 Å². The van der Waals surface area contributed by atoms with Crippen molar-refractivity contribution in [2.45, 2.75) is 26.3 Å². The van der Waals surface area contributed by atoms with Gasteiger partial charge in [-0.05, 0) is 19.4 Å². The molecule has 110 valence electrons. The van der Waals surface area contributed by atoms with Gasteiger partial charge in [0.05, 0.1) is 5.92 Å². The van der Waals surface area contributed by atoms with Crippen molar-refractivity contribution in [2.24, 2.45) is 5.92 Å². The van der Waals surface area contributed by atoms with Gasteiger partial charge >= 0.3 is 0 Å². The lowest BCUT2D eigenvalue weighted by molar-refractivity contribution is -0.124. The Morgan fingerprint density at radius 1 is 1.45 bits per heavy atom. The summed E-state index contributed by atoms with van der Waals surface area (Å²) in [4.78, 5) is 22.7. The third-order valence-electron chi connectivity index (χ3n) is 3.59. The quantitative estimate of drug-likeness (QED) is 0.822. The van der Waals surface area contributed by atoms with Crippen LogP contribution in [0.4, 0.5) is 5.95 Å². The number of nitrogens with zero attached hydrogens (tertiary/aromatic N) is 3. The van der Waals surface area contributed by atoms with E-state index >= 15 is 0 Å². The molecule has 0 aromatic carbocycles. The lowest BCUT2D eigenvalue weighted by atomic mass is 9.97. The monoisotopic (exact) mass is 277 g/mol. The molecule has 1 aliphatic rings. The molecule has 6 heteroatoms. The fourth-order valence-corrected chi connectivity index (χ4v) is 2.45. The molecule has 0 aliphatic carbocycles. The maximum Gasteiger partial charge on any atom is 0.225 e. The minimum Gasteiger partial charge on any atom is -0.359 e. The molecule has 1 amide bonds. The van der Waals surface area contributed by atoms with Crippen LogP contribution in [0.25, 0.3) is 0 Å². The molecule has 20 heavy (non-hydrogen) atoms. The fourth-order valence-electron chi connectivity index (χ4n) is 2.45. The van der Waals surface area contributed by atoms with E-state index in [1.54, 1.807) is 7.05 Å². The topological polar surface area (TPSA) is 70.2 Å². The molecule has 1 fully saturated rings. The number of aromatic nitrogens is 2. The lowest BCUT2D eigenvalue weighted by Gasteiger charge is -2.31. The van der Waals surface area contributed by atoms with Crippen LogP contribution >= 0.6 is 0 Å². The first-order valence-electron chi connectivity index (χ1n) is 7.22. The number of carbonyl (C=O) groups excluding carboxylic acids is 1. The van der Waals surface area contributed by atoms with Crippen molar-refractivity contribution in [3.8, 4) is 0 Å². The van der Waals surface area contributed by atoms with Gasteiger partial charge in [0.15, 0.2) is 0 Å². The summed E-state index contributed by atoms with van der Waals surface area (Å²) >= 11 is 0. The highest BCUT2D eigenvalue weighted by atomic mass is 16.1. The Kier molecular flexibility index (Phi) is 5.29. The number of hydrogen-bond donors (Lipinski definition) is 2. The van der Waals surface area contributed by atoms with Gasteiger partial charge in [0.2, 0.25) is 11.9 Å². The molecule has 0 saturated carbocycles. The Morgan fingerprint density at radius 3 is 2.85 bits per heavy atom. The SMILES string of the molecule is CCNCc1cnc(N2CCCC(C(=O)NC)C2)nc1. The molecule has 2 rings (SSSR count). The second-order valence-corrected chi connectivity index (χ2v) is 5.07. The Morgan fingerprint density at radius 2 is 2.20 bits per heavy atom. The van der Waals surface area contributed by atoms with Crippen molar-refractivity contribution in [2.75, 3.05) is 31.6 Å². The summed E-state index contributed by atoms with van der Waals surface area (Å²) in [6, 6.07) is 0.